The fourth-order valence-corrected chi connectivity index (χ4v) is 3.15. The summed E-state index contributed by atoms with van der Waals surface area (Å²) in [5.41, 5.74) is 0.0437. The summed E-state index contributed by atoms with van der Waals surface area (Å²) in [5, 5.41) is 3.25. The molecule has 0 saturated carbocycles. The lowest BCUT2D eigenvalue weighted by molar-refractivity contribution is -0.137. The van der Waals surface area contributed by atoms with Crippen LogP contribution >= 0.6 is 11.6 Å². The molecule has 142 valence electrons. The largest absolute Gasteiger partial charge is 0.416 e. The number of alkyl halides is 3. The second-order valence-electron chi connectivity index (χ2n) is 6.26. The van der Waals surface area contributed by atoms with E-state index in [0.29, 0.717) is 5.02 Å². The van der Waals surface area contributed by atoms with Crippen molar-refractivity contribution >= 4 is 29.1 Å². The number of hydrogen-bond acceptors (Lipinski definition) is 2. The molecular weight excluding hydrogens is 381 g/mol. The van der Waals surface area contributed by atoms with Crippen LogP contribution < -0.4 is 10.2 Å². The number of nitrogens with one attached hydrogen (secondary N) is 1. The number of halogens is 4. The van der Waals surface area contributed by atoms with Crippen LogP contribution in [0.5, 0.6) is 0 Å². The number of carbonyl (C=O) groups is 2. The zero-order chi connectivity index (χ0) is 19.6. The SMILES string of the molecule is O=C(NCc1ccccc1Cl)[C@H]1CC(=O)N(c2cccc(C(F)(F)F)c2)C1. The number of rotatable bonds is 4. The molecule has 1 N–H and O–H groups in total. The van der Waals surface area contributed by atoms with E-state index in [1.807, 2.05) is 0 Å². The van der Waals surface area contributed by atoms with Gasteiger partial charge in [-0.1, -0.05) is 35.9 Å². The van der Waals surface area contributed by atoms with Crippen LogP contribution in [0.2, 0.25) is 5.02 Å². The molecule has 4 nitrogen and oxygen atoms in total. The summed E-state index contributed by atoms with van der Waals surface area (Å²) in [6.07, 6.45) is -4.55. The Morgan fingerprint density at radius 3 is 2.63 bits per heavy atom. The Morgan fingerprint density at radius 2 is 1.93 bits per heavy atom. The number of hydrogen-bond donors (Lipinski definition) is 1. The third-order valence-corrected chi connectivity index (χ3v) is 4.76. The monoisotopic (exact) mass is 396 g/mol. The number of carbonyl (C=O) groups excluding carboxylic acids is 2. The van der Waals surface area contributed by atoms with Crippen LogP contribution in [-0.4, -0.2) is 18.4 Å². The van der Waals surface area contributed by atoms with E-state index in [4.69, 9.17) is 11.6 Å². The topological polar surface area (TPSA) is 49.4 Å². The molecule has 27 heavy (non-hydrogen) atoms. The van der Waals surface area contributed by atoms with Gasteiger partial charge < -0.3 is 10.2 Å². The first-order chi connectivity index (χ1) is 12.8. The first-order valence-corrected chi connectivity index (χ1v) is 8.62. The molecule has 8 heteroatoms. The highest BCUT2D eigenvalue weighted by molar-refractivity contribution is 6.31. The van der Waals surface area contributed by atoms with Crippen molar-refractivity contribution in [2.75, 3.05) is 11.4 Å². The number of benzene rings is 2. The lowest BCUT2D eigenvalue weighted by Gasteiger charge is -2.18. The Labute approximate surface area is 158 Å². The van der Waals surface area contributed by atoms with Crippen molar-refractivity contribution in [3.63, 3.8) is 0 Å². The summed E-state index contributed by atoms with van der Waals surface area (Å²) in [5.74, 6) is -1.35. The van der Waals surface area contributed by atoms with Crippen molar-refractivity contribution in [2.24, 2.45) is 5.92 Å². The lowest BCUT2D eigenvalue weighted by atomic mass is 10.1. The fraction of sp³-hybridized carbons (Fsp3) is 0.263. The van der Waals surface area contributed by atoms with Crippen molar-refractivity contribution < 1.29 is 22.8 Å². The van der Waals surface area contributed by atoms with Crippen LogP contribution in [0.3, 0.4) is 0 Å². The van der Waals surface area contributed by atoms with Gasteiger partial charge in [-0.05, 0) is 29.8 Å². The molecule has 0 spiro atoms. The average molecular weight is 397 g/mol. The molecule has 2 aromatic rings. The Kier molecular flexibility index (Phi) is 5.41. The van der Waals surface area contributed by atoms with Gasteiger partial charge in [0.25, 0.3) is 0 Å². The summed E-state index contributed by atoms with van der Waals surface area (Å²) < 4.78 is 38.6. The van der Waals surface area contributed by atoms with Crippen LogP contribution in [0.25, 0.3) is 0 Å². The first kappa shape index (κ1) is 19.2. The number of anilines is 1. The maximum atomic E-state index is 12.9. The lowest BCUT2D eigenvalue weighted by Crippen LogP contribution is -2.32. The first-order valence-electron chi connectivity index (χ1n) is 8.24. The predicted molar refractivity (Wildman–Crippen MR) is 95.2 cm³/mol. The van der Waals surface area contributed by atoms with Crippen molar-refractivity contribution in [1.29, 1.82) is 0 Å². The molecule has 1 heterocycles. The van der Waals surface area contributed by atoms with Gasteiger partial charge in [-0.2, -0.15) is 13.2 Å². The minimum atomic E-state index is -4.50. The molecule has 0 bridgehead atoms. The zero-order valence-electron chi connectivity index (χ0n) is 14.1. The molecule has 2 amide bonds. The third kappa shape index (κ3) is 4.42. The van der Waals surface area contributed by atoms with E-state index in [-0.39, 0.29) is 37.0 Å². The van der Waals surface area contributed by atoms with Crippen LogP contribution in [0.1, 0.15) is 17.5 Å². The van der Waals surface area contributed by atoms with Crippen molar-refractivity contribution in [1.82, 2.24) is 5.32 Å². The van der Waals surface area contributed by atoms with Crippen molar-refractivity contribution in [3.05, 3.63) is 64.7 Å². The van der Waals surface area contributed by atoms with Crippen LogP contribution in [-0.2, 0) is 22.3 Å². The number of nitrogens with zero attached hydrogens (tertiary/aromatic N) is 1. The van der Waals surface area contributed by atoms with E-state index in [9.17, 15) is 22.8 Å². The molecule has 0 aromatic heterocycles. The van der Waals surface area contributed by atoms with Gasteiger partial charge in [0.1, 0.15) is 0 Å². The molecule has 0 unspecified atom stereocenters. The van der Waals surface area contributed by atoms with E-state index in [1.165, 1.54) is 17.0 Å². The highest BCUT2D eigenvalue weighted by Gasteiger charge is 2.36. The maximum Gasteiger partial charge on any atom is 0.416 e. The van der Waals surface area contributed by atoms with E-state index < -0.39 is 17.7 Å². The minimum absolute atomic E-state index is 0.0362. The zero-order valence-corrected chi connectivity index (χ0v) is 14.8. The summed E-state index contributed by atoms with van der Waals surface area (Å²) in [4.78, 5) is 25.8. The van der Waals surface area contributed by atoms with Gasteiger partial charge in [-0.3, -0.25) is 9.59 Å². The van der Waals surface area contributed by atoms with E-state index in [1.54, 1.807) is 24.3 Å². The molecule has 1 atom stereocenters. The van der Waals surface area contributed by atoms with Gasteiger partial charge in [-0.15, -0.1) is 0 Å². The fourth-order valence-electron chi connectivity index (χ4n) is 2.95. The second-order valence-corrected chi connectivity index (χ2v) is 6.67. The minimum Gasteiger partial charge on any atom is -0.352 e. The smallest absolute Gasteiger partial charge is 0.352 e. The van der Waals surface area contributed by atoms with E-state index >= 15 is 0 Å². The summed E-state index contributed by atoms with van der Waals surface area (Å²) in [7, 11) is 0. The Morgan fingerprint density at radius 1 is 1.19 bits per heavy atom. The summed E-state index contributed by atoms with van der Waals surface area (Å²) in [6.45, 7) is 0.251. The van der Waals surface area contributed by atoms with Crippen LogP contribution in [0.4, 0.5) is 18.9 Å². The van der Waals surface area contributed by atoms with Gasteiger partial charge in [0.2, 0.25) is 11.8 Å². The third-order valence-electron chi connectivity index (χ3n) is 4.39. The summed E-state index contributed by atoms with van der Waals surface area (Å²) in [6, 6.07) is 11.6. The molecule has 1 saturated heterocycles. The quantitative estimate of drug-likeness (QED) is 0.848. The molecule has 1 aliphatic heterocycles. The molecule has 0 aliphatic carbocycles. The molecule has 1 fully saturated rings. The van der Waals surface area contributed by atoms with Gasteiger partial charge >= 0.3 is 6.18 Å². The summed E-state index contributed by atoms with van der Waals surface area (Å²) >= 11 is 6.04. The normalized spacial score (nSPS) is 17.3. The predicted octanol–water partition coefficient (Wildman–Crippen LogP) is 4.03. The van der Waals surface area contributed by atoms with Crippen LogP contribution in [0.15, 0.2) is 48.5 Å². The van der Waals surface area contributed by atoms with Crippen molar-refractivity contribution in [3.8, 4) is 0 Å². The molecule has 3 rings (SSSR count). The van der Waals surface area contributed by atoms with Crippen molar-refractivity contribution in [2.45, 2.75) is 19.1 Å². The van der Waals surface area contributed by atoms with Gasteiger partial charge in [0.15, 0.2) is 0 Å². The number of amides is 2. The van der Waals surface area contributed by atoms with E-state index in [0.717, 1.165) is 17.7 Å². The van der Waals surface area contributed by atoms with E-state index in [2.05, 4.69) is 5.32 Å². The molecular formula is C19H16ClF3N2O2. The molecule has 0 radical (unpaired) electrons. The Bertz CT molecular complexity index is 870. The second kappa shape index (κ2) is 7.60. The highest BCUT2D eigenvalue weighted by atomic mass is 35.5. The maximum absolute atomic E-state index is 12.9. The Hall–Kier alpha value is -2.54. The Balaban J connectivity index is 1.67. The van der Waals surface area contributed by atoms with Gasteiger partial charge in [0.05, 0.1) is 11.5 Å². The highest BCUT2D eigenvalue weighted by Crippen LogP contribution is 2.33. The molecule has 1 aliphatic rings. The van der Waals surface area contributed by atoms with Gasteiger partial charge in [0, 0.05) is 30.2 Å². The standard InChI is InChI=1S/C19H16ClF3N2O2/c20-16-7-2-1-4-12(16)10-24-18(27)13-8-17(26)25(11-13)15-6-3-5-14(9-15)19(21,22)23/h1-7,9,13H,8,10-11H2,(H,24,27)/t13-/m0/s1. The average Bonchev–Trinajstić information content (AvgIpc) is 3.02. The van der Waals surface area contributed by atoms with Crippen LogP contribution in [0, 0.1) is 5.92 Å². The molecule has 2 aromatic carbocycles. The van der Waals surface area contributed by atoms with Gasteiger partial charge in [-0.25, -0.2) is 0 Å².